The first-order chi connectivity index (χ1) is 5.70. The van der Waals surface area contributed by atoms with Crippen LogP contribution in [0.25, 0.3) is 0 Å². The van der Waals surface area contributed by atoms with Crippen LogP contribution in [0.4, 0.5) is 5.82 Å². The Morgan fingerprint density at radius 3 is 2.67 bits per heavy atom. The first-order valence-corrected chi connectivity index (χ1v) is 4.44. The lowest BCUT2D eigenvalue weighted by molar-refractivity contribution is 0.899. The molecule has 2 N–H and O–H groups in total. The summed E-state index contributed by atoms with van der Waals surface area (Å²) in [5, 5.41) is 0. The van der Waals surface area contributed by atoms with Crippen molar-refractivity contribution in [3.63, 3.8) is 0 Å². The third-order valence-corrected chi connectivity index (χ3v) is 2.84. The summed E-state index contributed by atoms with van der Waals surface area (Å²) in [6.45, 7) is 4.20. The second-order valence-electron chi connectivity index (χ2n) is 3.53. The fourth-order valence-electron chi connectivity index (χ4n) is 1.90. The van der Waals surface area contributed by atoms with E-state index in [0.717, 1.165) is 12.0 Å². The predicted molar refractivity (Wildman–Crippen MR) is 50.1 cm³/mol. The van der Waals surface area contributed by atoms with Crippen LogP contribution >= 0.6 is 0 Å². The number of anilines is 1. The molecular weight excluding hydrogens is 148 g/mol. The van der Waals surface area contributed by atoms with Crippen molar-refractivity contribution in [1.82, 2.24) is 4.98 Å². The summed E-state index contributed by atoms with van der Waals surface area (Å²) in [4.78, 5) is 4.39. The van der Waals surface area contributed by atoms with E-state index in [1.165, 1.54) is 29.7 Å². The van der Waals surface area contributed by atoms with Crippen molar-refractivity contribution in [2.75, 3.05) is 5.73 Å². The second kappa shape index (κ2) is 2.47. The molecule has 0 fully saturated rings. The van der Waals surface area contributed by atoms with E-state index in [1.54, 1.807) is 0 Å². The van der Waals surface area contributed by atoms with Crippen molar-refractivity contribution in [3.8, 4) is 0 Å². The number of aromatic nitrogens is 1. The van der Waals surface area contributed by atoms with E-state index in [4.69, 9.17) is 5.73 Å². The normalized spacial score (nSPS) is 14.8. The number of nitrogen functional groups attached to an aromatic ring is 1. The van der Waals surface area contributed by atoms with Crippen LogP contribution in [0.15, 0.2) is 0 Å². The Morgan fingerprint density at radius 2 is 1.92 bits per heavy atom. The fourth-order valence-corrected chi connectivity index (χ4v) is 1.90. The molecular formula is C10H14N2. The largest absolute Gasteiger partial charge is 0.383 e. The molecule has 2 heteroatoms. The second-order valence-corrected chi connectivity index (χ2v) is 3.53. The van der Waals surface area contributed by atoms with E-state index in [-0.39, 0.29) is 0 Å². The van der Waals surface area contributed by atoms with Crippen molar-refractivity contribution in [2.24, 2.45) is 0 Å². The molecule has 1 aromatic heterocycles. The standard InChI is InChI=1S/C10H14N2/c1-6-7(2)10(11)12-9-5-3-4-8(6)9/h3-5H2,1-2H3,(H2,11,12). The molecule has 0 amide bonds. The van der Waals surface area contributed by atoms with Gasteiger partial charge in [0.05, 0.1) is 0 Å². The van der Waals surface area contributed by atoms with Gasteiger partial charge in [0, 0.05) is 5.69 Å². The van der Waals surface area contributed by atoms with Crippen molar-refractivity contribution in [1.29, 1.82) is 0 Å². The lowest BCUT2D eigenvalue weighted by Crippen LogP contribution is -2.02. The average molecular weight is 162 g/mol. The molecule has 12 heavy (non-hydrogen) atoms. The molecule has 2 nitrogen and oxygen atoms in total. The molecule has 0 saturated carbocycles. The molecule has 64 valence electrons. The van der Waals surface area contributed by atoms with Gasteiger partial charge in [-0.1, -0.05) is 0 Å². The zero-order valence-corrected chi connectivity index (χ0v) is 7.65. The van der Waals surface area contributed by atoms with Crippen LogP contribution < -0.4 is 5.73 Å². The quantitative estimate of drug-likeness (QED) is 0.631. The topological polar surface area (TPSA) is 38.9 Å². The van der Waals surface area contributed by atoms with Gasteiger partial charge in [-0.05, 0) is 49.8 Å². The lowest BCUT2D eigenvalue weighted by atomic mass is 10.0. The summed E-state index contributed by atoms with van der Waals surface area (Å²) >= 11 is 0. The Labute approximate surface area is 72.8 Å². The van der Waals surface area contributed by atoms with Gasteiger partial charge in [0.25, 0.3) is 0 Å². The molecule has 0 aliphatic heterocycles. The molecule has 0 bridgehead atoms. The summed E-state index contributed by atoms with van der Waals surface area (Å²) in [6, 6.07) is 0. The maximum Gasteiger partial charge on any atom is 0.126 e. The number of nitrogens with zero attached hydrogens (tertiary/aromatic N) is 1. The average Bonchev–Trinajstić information content (AvgIpc) is 2.48. The van der Waals surface area contributed by atoms with E-state index in [9.17, 15) is 0 Å². The van der Waals surface area contributed by atoms with Crippen LogP contribution in [-0.4, -0.2) is 4.98 Å². The van der Waals surface area contributed by atoms with Crippen molar-refractivity contribution < 1.29 is 0 Å². The molecule has 0 saturated heterocycles. The van der Waals surface area contributed by atoms with Crippen molar-refractivity contribution in [2.45, 2.75) is 33.1 Å². The van der Waals surface area contributed by atoms with Gasteiger partial charge in [-0.3, -0.25) is 0 Å². The Morgan fingerprint density at radius 1 is 1.17 bits per heavy atom. The molecule has 2 rings (SSSR count). The number of fused-ring (bicyclic) bond motifs is 1. The zero-order chi connectivity index (χ0) is 8.72. The molecule has 1 aliphatic carbocycles. The van der Waals surface area contributed by atoms with Crippen molar-refractivity contribution >= 4 is 5.82 Å². The summed E-state index contributed by atoms with van der Waals surface area (Å²) < 4.78 is 0. The zero-order valence-electron chi connectivity index (χ0n) is 7.65. The Hall–Kier alpha value is -1.05. The van der Waals surface area contributed by atoms with Crippen LogP contribution in [0.5, 0.6) is 0 Å². The molecule has 0 radical (unpaired) electrons. The molecule has 1 heterocycles. The Bertz CT molecular complexity index is 329. The van der Waals surface area contributed by atoms with Crippen LogP contribution in [0, 0.1) is 13.8 Å². The van der Waals surface area contributed by atoms with Gasteiger partial charge >= 0.3 is 0 Å². The van der Waals surface area contributed by atoms with Crippen molar-refractivity contribution in [3.05, 3.63) is 22.4 Å². The number of hydrogen-bond acceptors (Lipinski definition) is 2. The summed E-state index contributed by atoms with van der Waals surface area (Å²) in [5.41, 5.74) is 11.0. The summed E-state index contributed by atoms with van der Waals surface area (Å²) in [5.74, 6) is 0.716. The Balaban J connectivity index is 2.67. The van der Waals surface area contributed by atoms with E-state index in [1.807, 2.05) is 0 Å². The fraction of sp³-hybridized carbons (Fsp3) is 0.500. The smallest absolute Gasteiger partial charge is 0.126 e. The van der Waals surface area contributed by atoms with E-state index in [2.05, 4.69) is 18.8 Å². The van der Waals surface area contributed by atoms with Gasteiger partial charge in [-0.2, -0.15) is 0 Å². The lowest BCUT2D eigenvalue weighted by Gasteiger charge is -2.08. The molecule has 0 atom stereocenters. The van der Waals surface area contributed by atoms with Crippen LogP contribution in [0.2, 0.25) is 0 Å². The highest BCUT2D eigenvalue weighted by Crippen LogP contribution is 2.27. The van der Waals surface area contributed by atoms with Crippen LogP contribution in [-0.2, 0) is 12.8 Å². The Kier molecular flexibility index (Phi) is 1.56. The minimum absolute atomic E-state index is 0.716. The summed E-state index contributed by atoms with van der Waals surface area (Å²) in [6.07, 6.45) is 3.54. The van der Waals surface area contributed by atoms with E-state index < -0.39 is 0 Å². The van der Waals surface area contributed by atoms with E-state index in [0.29, 0.717) is 5.82 Å². The van der Waals surface area contributed by atoms with Gasteiger partial charge < -0.3 is 5.73 Å². The highest BCUT2D eigenvalue weighted by molar-refractivity contribution is 5.50. The molecule has 1 aromatic rings. The first kappa shape index (κ1) is 7.59. The van der Waals surface area contributed by atoms with Gasteiger partial charge in [0.2, 0.25) is 0 Å². The van der Waals surface area contributed by atoms with Gasteiger partial charge in [-0.25, -0.2) is 4.98 Å². The molecule has 0 unspecified atom stereocenters. The monoisotopic (exact) mass is 162 g/mol. The molecule has 0 aromatic carbocycles. The molecule has 0 spiro atoms. The maximum atomic E-state index is 5.78. The number of aryl methyl sites for hydroxylation is 1. The minimum Gasteiger partial charge on any atom is -0.383 e. The summed E-state index contributed by atoms with van der Waals surface area (Å²) in [7, 11) is 0. The predicted octanol–water partition coefficient (Wildman–Crippen LogP) is 1.77. The SMILES string of the molecule is Cc1c(N)nc2c(c1C)CCC2. The maximum absolute atomic E-state index is 5.78. The van der Waals surface area contributed by atoms with Crippen LogP contribution in [0.3, 0.4) is 0 Å². The van der Waals surface area contributed by atoms with Gasteiger partial charge in [0.15, 0.2) is 0 Å². The number of nitrogens with two attached hydrogens (primary N) is 1. The molecule has 1 aliphatic rings. The number of hydrogen-bond donors (Lipinski definition) is 1. The third kappa shape index (κ3) is 0.909. The van der Waals surface area contributed by atoms with Gasteiger partial charge in [-0.15, -0.1) is 0 Å². The highest BCUT2D eigenvalue weighted by Gasteiger charge is 2.17. The first-order valence-electron chi connectivity index (χ1n) is 4.44. The van der Waals surface area contributed by atoms with Gasteiger partial charge in [0.1, 0.15) is 5.82 Å². The van der Waals surface area contributed by atoms with E-state index >= 15 is 0 Å². The number of pyridine rings is 1. The highest BCUT2D eigenvalue weighted by atomic mass is 14.9. The third-order valence-electron chi connectivity index (χ3n) is 2.84. The minimum atomic E-state index is 0.716. The van der Waals surface area contributed by atoms with Crippen LogP contribution in [0.1, 0.15) is 28.8 Å². The number of rotatable bonds is 0.